The second kappa shape index (κ2) is 12.0. The lowest BCUT2D eigenvalue weighted by Gasteiger charge is -2.28. The van der Waals surface area contributed by atoms with Crippen LogP contribution in [0.15, 0.2) is 36.4 Å². The summed E-state index contributed by atoms with van der Waals surface area (Å²) in [6.45, 7) is -1.47. The molecular formula is C25H17Cl3F10N2OS. The van der Waals surface area contributed by atoms with Crippen molar-refractivity contribution < 1.29 is 48.7 Å². The van der Waals surface area contributed by atoms with Crippen LogP contribution < -0.4 is 5.32 Å². The minimum absolute atomic E-state index is 0.0131. The highest BCUT2D eigenvalue weighted by atomic mass is 35.5. The number of hydrogen-bond donors (Lipinski definition) is 1. The summed E-state index contributed by atoms with van der Waals surface area (Å²) < 4.78 is 137. The van der Waals surface area contributed by atoms with Crippen LogP contribution in [0.25, 0.3) is 5.83 Å². The molecule has 1 N–H and O–H groups in total. The predicted octanol–water partition coefficient (Wildman–Crippen LogP) is 9.41. The van der Waals surface area contributed by atoms with Crippen molar-refractivity contribution in [1.82, 2.24) is 10.2 Å². The first kappa shape index (κ1) is 34.2. The van der Waals surface area contributed by atoms with Crippen LogP contribution >= 0.6 is 47.0 Å². The summed E-state index contributed by atoms with van der Waals surface area (Å²) in [7, 11) is 1.01. The molecule has 2 aromatic rings. The minimum atomic E-state index is -5.28. The first-order valence-electron chi connectivity index (χ1n) is 11.5. The van der Waals surface area contributed by atoms with E-state index in [9.17, 15) is 44.3 Å². The molecule has 1 unspecified atom stereocenters. The molecule has 230 valence electrons. The van der Waals surface area contributed by atoms with Gasteiger partial charge in [0.25, 0.3) is 5.91 Å². The van der Waals surface area contributed by atoms with Gasteiger partial charge in [0.05, 0.1) is 31.7 Å². The average Bonchev–Trinajstić information content (AvgIpc) is 3.62. The summed E-state index contributed by atoms with van der Waals surface area (Å²) in [5.41, 5.74) is -5.85. The highest BCUT2D eigenvalue weighted by Gasteiger charge is 2.51. The van der Waals surface area contributed by atoms with Gasteiger partial charge in [0.15, 0.2) is 0 Å². The lowest BCUT2D eigenvalue weighted by Crippen LogP contribution is -2.50. The molecule has 0 heterocycles. The van der Waals surface area contributed by atoms with Crippen molar-refractivity contribution in [2.45, 2.75) is 42.8 Å². The molecule has 0 bridgehead atoms. The molecule has 0 saturated heterocycles. The van der Waals surface area contributed by atoms with Crippen molar-refractivity contribution >= 4 is 63.7 Å². The number of alkyl halides is 9. The number of hydrogen-bond acceptors (Lipinski definition) is 2. The van der Waals surface area contributed by atoms with Gasteiger partial charge in [-0.2, -0.15) is 39.5 Å². The summed E-state index contributed by atoms with van der Waals surface area (Å²) in [4.78, 5) is 13.1. The first-order valence-corrected chi connectivity index (χ1v) is 13.0. The third-order valence-corrected chi connectivity index (χ3v) is 8.05. The fourth-order valence-electron chi connectivity index (χ4n) is 4.01. The van der Waals surface area contributed by atoms with Crippen molar-refractivity contribution in [3.05, 3.63) is 73.7 Å². The summed E-state index contributed by atoms with van der Waals surface area (Å²) in [5, 5.41) is 1.19. The van der Waals surface area contributed by atoms with E-state index in [1.807, 2.05) is 0 Å². The van der Waals surface area contributed by atoms with Gasteiger partial charge < -0.3 is 10.2 Å². The minimum Gasteiger partial charge on any atom is -0.358 e. The Labute approximate surface area is 252 Å². The number of rotatable bonds is 7. The van der Waals surface area contributed by atoms with Gasteiger partial charge in [-0.15, -0.1) is 0 Å². The molecule has 1 aliphatic rings. The second-order valence-corrected chi connectivity index (χ2v) is 11.0. The van der Waals surface area contributed by atoms with Gasteiger partial charge in [-0.1, -0.05) is 53.1 Å². The number of likely N-dealkylation sites (N-methyl/N-ethyl adjacent to an activating group) is 1. The Morgan fingerprint density at radius 2 is 1.57 bits per heavy atom. The first-order chi connectivity index (χ1) is 19.1. The summed E-state index contributed by atoms with van der Waals surface area (Å²) >= 11 is 22.3. The molecule has 0 aliphatic heterocycles. The van der Waals surface area contributed by atoms with E-state index in [2.05, 4.69) is 5.32 Å². The van der Waals surface area contributed by atoms with Crippen molar-refractivity contribution in [3.63, 3.8) is 0 Å². The molecule has 1 amide bonds. The maximum absolute atomic E-state index is 15.1. The van der Waals surface area contributed by atoms with E-state index >= 15 is 4.39 Å². The van der Waals surface area contributed by atoms with E-state index in [1.54, 1.807) is 0 Å². The molecule has 1 atom stereocenters. The molecule has 3 nitrogen and oxygen atoms in total. The summed E-state index contributed by atoms with van der Waals surface area (Å²) in [5.74, 6) is -5.80. The van der Waals surface area contributed by atoms with Crippen molar-refractivity contribution in [2.75, 3.05) is 13.6 Å². The number of nitrogens with one attached hydrogen (secondary N) is 1. The zero-order valence-corrected chi connectivity index (χ0v) is 23.9. The normalized spacial score (nSPS) is 16.2. The van der Waals surface area contributed by atoms with Crippen LogP contribution in [0.2, 0.25) is 15.1 Å². The second-order valence-electron chi connectivity index (χ2n) is 9.40. The van der Waals surface area contributed by atoms with Crippen LogP contribution in [0.5, 0.6) is 0 Å². The van der Waals surface area contributed by atoms with Gasteiger partial charge in [0, 0.05) is 12.6 Å². The SMILES string of the molecule is CN(CC(F)(F)F)C(=S)C1(NC(=O)c2ccc(/C(F)=C/C(c3cc(Cl)c(Cl)c(Cl)c3)C(F)(F)F)cc2C(F)(F)F)CC1. The number of halogens is 13. The average molecular weight is 690 g/mol. The standard InChI is InChI=1S/C25H17Cl3F10N2OS/c1-40(10-23(30,31)32)21(42)22(4-5-22)39-20(41)13-3-2-11(6-15(13)25(36,37)38)18(29)9-14(24(33,34)35)12-7-16(26)19(28)17(27)8-12/h2-3,6-9,14H,4-5,10H2,1H3,(H,39,41)/b18-9-. The smallest absolute Gasteiger partial charge is 0.358 e. The topological polar surface area (TPSA) is 32.3 Å². The van der Waals surface area contributed by atoms with Gasteiger partial charge in [0.2, 0.25) is 0 Å². The van der Waals surface area contributed by atoms with Gasteiger partial charge in [-0.25, -0.2) is 4.39 Å². The lowest BCUT2D eigenvalue weighted by atomic mass is 9.95. The number of amides is 1. The van der Waals surface area contributed by atoms with E-state index in [4.69, 9.17) is 47.0 Å². The fraction of sp³-hybridized carbons (Fsp3) is 0.360. The Morgan fingerprint density at radius 1 is 1.02 bits per heavy atom. The van der Waals surface area contributed by atoms with Crippen LogP contribution in [0.3, 0.4) is 0 Å². The number of allylic oxidation sites excluding steroid dienone is 1. The Kier molecular flexibility index (Phi) is 9.78. The maximum Gasteiger partial charge on any atom is 0.417 e. The predicted molar refractivity (Wildman–Crippen MR) is 142 cm³/mol. The van der Waals surface area contributed by atoms with E-state index in [-0.39, 0.29) is 45.0 Å². The molecule has 2 aromatic carbocycles. The van der Waals surface area contributed by atoms with Crippen molar-refractivity contribution in [1.29, 1.82) is 0 Å². The highest BCUT2D eigenvalue weighted by Crippen LogP contribution is 2.43. The van der Waals surface area contributed by atoms with Crippen LogP contribution in [0.1, 0.15) is 45.8 Å². The van der Waals surface area contributed by atoms with Crippen molar-refractivity contribution in [3.8, 4) is 0 Å². The van der Waals surface area contributed by atoms with Crippen LogP contribution in [-0.4, -0.2) is 47.3 Å². The molecule has 42 heavy (non-hydrogen) atoms. The third kappa shape index (κ3) is 8.00. The number of thiocarbonyl (C=S) groups is 1. The number of benzene rings is 2. The summed E-state index contributed by atoms with van der Waals surface area (Å²) in [6.07, 6.45) is -15.0. The van der Waals surface area contributed by atoms with Crippen molar-refractivity contribution in [2.24, 2.45) is 0 Å². The quantitative estimate of drug-likeness (QED) is 0.179. The van der Waals surface area contributed by atoms with E-state index in [0.717, 1.165) is 19.2 Å². The molecule has 0 radical (unpaired) electrons. The molecule has 3 rings (SSSR count). The Hall–Kier alpha value is -2.29. The molecular weight excluding hydrogens is 673 g/mol. The fourth-order valence-corrected chi connectivity index (χ4v) is 4.94. The van der Waals surface area contributed by atoms with E-state index < -0.39 is 70.5 Å². The Balaban J connectivity index is 1.97. The monoisotopic (exact) mass is 688 g/mol. The van der Waals surface area contributed by atoms with Gasteiger partial charge in [0.1, 0.15) is 23.3 Å². The van der Waals surface area contributed by atoms with Crippen LogP contribution in [0.4, 0.5) is 43.9 Å². The Bertz CT molecular complexity index is 1400. The number of carbonyl (C=O) groups is 1. The summed E-state index contributed by atoms with van der Waals surface area (Å²) in [6, 6.07) is 2.88. The molecule has 17 heteroatoms. The molecule has 0 spiro atoms. The molecule has 1 fully saturated rings. The Morgan fingerprint density at radius 3 is 2.02 bits per heavy atom. The van der Waals surface area contributed by atoms with Gasteiger partial charge in [-0.3, -0.25) is 4.79 Å². The number of carbonyl (C=O) groups excluding carboxylic acids is 1. The zero-order valence-electron chi connectivity index (χ0n) is 20.8. The van der Waals surface area contributed by atoms with Crippen LogP contribution in [0, 0.1) is 0 Å². The third-order valence-electron chi connectivity index (χ3n) is 6.15. The van der Waals surface area contributed by atoms with Gasteiger partial charge >= 0.3 is 18.5 Å². The lowest BCUT2D eigenvalue weighted by molar-refractivity contribution is -0.140. The van der Waals surface area contributed by atoms with E-state index in [0.29, 0.717) is 17.0 Å². The highest BCUT2D eigenvalue weighted by molar-refractivity contribution is 7.80. The number of nitrogens with zero attached hydrogens (tertiary/aromatic N) is 1. The zero-order chi connectivity index (χ0) is 32.0. The maximum atomic E-state index is 15.1. The molecule has 0 aromatic heterocycles. The van der Waals surface area contributed by atoms with E-state index in [1.165, 1.54) is 0 Å². The molecule has 1 aliphatic carbocycles. The largest absolute Gasteiger partial charge is 0.417 e. The van der Waals surface area contributed by atoms with Crippen LogP contribution in [-0.2, 0) is 6.18 Å². The molecule has 1 saturated carbocycles. The van der Waals surface area contributed by atoms with Gasteiger partial charge in [-0.05, 0) is 48.7 Å².